The van der Waals surface area contributed by atoms with Gasteiger partial charge in [0.1, 0.15) is 6.04 Å². The predicted molar refractivity (Wildman–Crippen MR) is 185 cm³/mol. The highest BCUT2D eigenvalue weighted by atomic mass is 16.5. The van der Waals surface area contributed by atoms with Crippen molar-refractivity contribution in [2.45, 2.75) is 137 Å². The van der Waals surface area contributed by atoms with Crippen LogP contribution in [0.4, 0.5) is 0 Å². The van der Waals surface area contributed by atoms with Gasteiger partial charge in [0.15, 0.2) is 0 Å². The molecule has 0 aliphatic heterocycles. The second-order valence-corrected chi connectivity index (χ2v) is 14.1. The highest BCUT2D eigenvalue weighted by Gasteiger charge is 2.30. The van der Waals surface area contributed by atoms with Crippen LogP contribution >= 0.6 is 0 Å². The van der Waals surface area contributed by atoms with Crippen LogP contribution < -0.4 is 16.4 Å². The Balaban J connectivity index is 2.67. The summed E-state index contributed by atoms with van der Waals surface area (Å²) < 4.78 is 6.17. The van der Waals surface area contributed by atoms with E-state index in [1.807, 2.05) is 52.8 Å². The SMILES string of the molecule is CCC(C)(COC(C)(C)CCC(=O)NC(CCCCN)C(=O)O)NC(=O)/C=C(C)/C=C/C=C(C)/C=C/C1=C(C)CCCC1(C)C. The fraction of sp³-hybridized carbons (Fsp3) is 0.649. The molecule has 2 unspecified atom stereocenters. The summed E-state index contributed by atoms with van der Waals surface area (Å²) in [6.45, 7) is 19.3. The fourth-order valence-electron chi connectivity index (χ4n) is 5.31. The number of carboxylic acid groups (broad SMARTS) is 1. The van der Waals surface area contributed by atoms with Gasteiger partial charge in [-0.2, -0.15) is 0 Å². The van der Waals surface area contributed by atoms with Crippen molar-refractivity contribution < 1.29 is 24.2 Å². The summed E-state index contributed by atoms with van der Waals surface area (Å²) in [5.41, 5.74) is 9.34. The number of nitrogens with two attached hydrogens (primary N) is 1. The molecule has 0 aromatic carbocycles. The Labute approximate surface area is 272 Å². The molecule has 254 valence electrons. The number of carbonyl (C=O) groups excluding carboxylic acids is 2. The first-order chi connectivity index (χ1) is 20.9. The van der Waals surface area contributed by atoms with E-state index in [-0.39, 0.29) is 30.3 Å². The van der Waals surface area contributed by atoms with E-state index in [9.17, 15) is 19.5 Å². The van der Waals surface area contributed by atoms with Crippen LogP contribution in [0.1, 0.15) is 120 Å². The Kier molecular flexibility index (Phi) is 16.8. The number of nitrogens with one attached hydrogen (secondary N) is 2. The van der Waals surface area contributed by atoms with Crippen molar-refractivity contribution in [1.82, 2.24) is 10.6 Å². The topological polar surface area (TPSA) is 131 Å². The molecule has 0 radical (unpaired) electrons. The lowest BCUT2D eigenvalue weighted by molar-refractivity contribution is -0.142. The van der Waals surface area contributed by atoms with Gasteiger partial charge in [0.05, 0.1) is 17.7 Å². The number of rotatable bonds is 19. The van der Waals surface area contributed by atoms with Crippen molar-refractivity contribution in [3.8, 4) is 0 Å². The van der Waals surface area contributed by atoms with Crippen LogP contribution in [-0.4, -0.2) is 53.2 Å². The summed E-state index contributed by atoms with van der Waals surface area (Å²) in [6, 6.07) is -0.920. The van der Waals surface area contributed by atoms with Gasteiger partial charge < -0.3 is 26.2 Å². The maximum Gasteiger partial charge on any atom is 0.326 e. The minimum absolute atomic E-state index is 0.135. The molecule has 5 N–H and O–H groups in total. The highest BCUT2D eigenvalue weighted by molar-refractivity contribution is 5.89. The van der Waals surface area contributed by atoms with Crippen molar-refractivity contribution in [1.29, 1.82) is 0 Å². The van der Waals surface area contributed by atoms with E-state index in [1.54, 1.807) is 6.08 Å². The lowest BCUT2D eigenvalue weighted by atomic mass is 9.72. The van der Waals surface area contributed by atoms with Crippen LogP contribution in [0.15, 0.2) is 58.7 Å². The average Bonchev–Trinajstić information content (AvgIpc) is 2.94. The minimum atomic E-state index is -1.05. The molecule has 0 spiro atoms. The summed E-state index contributed by atoms with van der Waals surface area (Å²) in [5.74, 6) is -1.57. The number of hydrogen-bond acceptors (Lipinski definition) is 5. The maximum absolute atomic E-state index is 12.9. The Morgan fingerprint density at radius 2 is 1.80 bits per heavy atom. The zero-order chi connectivity index (χ0) is 34.3. The number of unbranched alkanes of at least 4 members (excludes halogenated alkanes) is 1. The van der Waals surface area contributed by atoms with Crippen LogP contribution in [0.25, 0.3) is 0 Å². The first-order valence-electron chi connectivity index (χ1n) is 16.5. The minimum Gasteiger partial charge on any atom is -0.480 e. The van der Waals surface area contributed by atoms with Crippen LogP contribution in [0, 0.1) is 5.41 Å². The summed E-state index contributed by atoms with van der Waals surface area (Å²) in [5, 5.41) is 15.1. The van der Waals surface area contributed by atoms with Crippen LogP contribution in [0.5, 0.6) is 0 Å². The molecule has 0 saturated carbocycles. The smallest absolute Gasteiger partial charge is 0.326 e. The number of amides is 2. The molecule has 1 aliphatic rings. The van der Waals surface area contributed by atoms with Gasteiger partial charge in [0.25, 0.3) is 0 Å². The molecule has 0 fully saturated rings. The van der Waals surface area contributed by atoms with Gasteiger partial charge in [-0.05, 0) is 116 Å². The molecule has 2 amide bonds. The first kappa shape index (κ1) is 40.1. The molecule has 8 nitrogen and oxygen atoms in total. The normalized spacial score (nSPS) is 18.3. The van der Waals surface area contributed by atoms with Crippen molar-refractivity contribution in [2.75, 3.05) is 13.2 Å². The molecule has 45 heavy (non-hydrogen) atoms. The summed E-state index contributed by atoms with van der Waals surface area (Å²) >= 11 is 0. The zero-order valence-corrected chi connectivity index (χ0v) is 29.5. The number of ether oxygens (including phenoxy) is 1. The van der Waals surface area contributed by atoms with E-state index >= 15 is 0 Å². The van der Waals surface area contributed by atoms with Gasteiger partial charge in [0.2, 0.25) is 11.8 Å². The summed E-state index contributed by atoms with van der Waals surface area (Å²) in [7, 11) is 0. The van der Waals surface area contributed by atoms with Crippen LogP contribution in [-0.2, 0) is 19.1 Å². The number of aliphatic carboxylic acids is 1. The predicted octanol–water partition coefficient (Wildman–Crippen LogP) is 7.08. The van der Waals surface area contributed by atoms with E-state index in [4.69, 9.17) is 10.5 Å². The quantitative estimate of drug-likeness (QED) is 0.0688. The van der Waals surface area contributed by atoms with E-state index in [2.05, 4.69) is 50.5 Å². The standard InChI is InChI=1S/C37H61N3O5/c1-10-37(9,26-45-36(7,8)23-21-32(41)39-31(34(43)44)18-11-12-24-38)40-33(42)25-28(3)16-13-15-27(2)19-20-30-29(4)17-14-22-35(30,5)6/h13,15-16,19-20,25,31H,10-12,14,17-18,21-24,26,38H2,1-9H3,(H,39,41)(H,40,42)(H,43,44)/b16-13+,20-19+,27-15+,28-25+. The molecule has 0 aromatic rings. The van der Waals surface area contributed by atoms with E-state index in [0.717, 1.165) is 11.1 Å². The number of carbonyl (C=O) groups is 3. The largest absolute Gasteiger partial charge is 0.480 e. The average molecular weight is 628 g/mol. The highest BCUT2D eigenvalue weighted by Crippen LogP contribution is 2.40. The number of hydrogen-bond donors (Lipinski definition) is 4. The van der Waals surface area contributed by atoms with Gasteiger partial charge >= 0.3 is 5.97 Å². The molecule has 8 heteroatoms. The lowest BCUT2D eigenvalue weighted by Crippen LogP contribution is -2.50. The van der Waals surface area contributed by atoms with Crippen molar-refractivity contribution in [3.05, 3.63) is 58.7 Å². The first-order valence-corrected chi connectivity index (χ1v) is 16.5. The van der Waals surface area contributed by atoms with Crippen molar-refractivity contribution in [2.24, 2.45) is 11.1 Å². The van der Waals surface area contributed by atoms with E-state index < -0.39 is 23.2 Å². The third-order valence-corrected chi connectivity index (χ3v) is 8.65. The molecular weight excluding hydrogens is 566 g/mol. The summed E-state index contributed by atoms with van der Waals surface area (Å²) in [4.78, 5) is 36.8. The number of allylic oxidation sites excluding steroid dienone is 9. The van der Waals surface area contributed by atoms with Crippen LogP contribution in [0.2, 0.25) is 0 Å². The molecule has 0 aromatic heterocycles. The molecule has 1 aliphatic carbocycles. The third-order valence-electron chi connectivity index (χ3n) is 8.65. The van der Waals surface area contributed by atoms with E-state index in [0.29, 0.717) is 38.6 Å². The van der Waals surface area contributed by atoms with Crippen molar-refractivity contribution in [3.63, 3.8) is 0 Å². The second-order valence-electron chi connectivity index (χ2n) is 14.1. The molecule has 1 rings (SSSR count). The number of carboxylic acids is 1. The Morgan fingerprint density at radius 3 is 2.40 bits per heavy atom. The molecular formula is C37H61N3O5. The molecule has 0 bridgehead atoms. The van der Waals surface area contributed by atoms with Gasteiger partial charge in [0, 0.05) is 12.5 Å². The fourth-order valence-corrected chi connectivity index (χ4v) is 5.31. The Morgan fingerprint density at radius 1 is 1.11 bits per heavy atom. The Bertz CT molecular complexity index is 1160. The Hall–Kier alpha value is -2.97. The van der Waals surface area contributed by atoms with Crippen LogP contribution in [0.3, 0.4) is 0 Å². The molecule has 2 atom stereocenters. The third kappa shape index (κ3) is 15.7. The lowest BCUT2D eigenvalue weighted by Gasteiger charge is -2.34. The van der Waals surface area contributed by atoms with Gasteiger partial charge in [-0.25, -0.2) is 4.79 Å². The van der Waals surface area contributed by atoms with Crippen molar-refractivity contribution >= 4 is 17.8 Å². The monoisotopic (exact) mass is 627 g/mol. The maximum atomic E-state index is 12.9. The van der Waals surface area contributed by atoms with Gasteiger partial charge in [-0.3, -0.25) is 9.59 Å². The zero-order valence-electron chi connectivity index (χ0n) is 29.5. The summed E-state index contributed by atoms with van der Waals surface area (Å²) in [6.07, 6.45) is 18.5. The van der Waals surface area contributed by atoms with Gasteiger partial charge in [-0.15, -0.1) is 0 Å². The van der Waals surface area contributed by atoms with Gasteiger partial charge in [-0.1, -0.05) is 62.3 Å². The molecule has 0 saturated heterocycles. The molecule has 0 heterocycles. The van der Waals surface area contributed by atoms with E-state index in [1.165, 1.54) is 30.4 Å². The second kappa shape index (κ2) is 18.9.